The van der Waals surface area contributed by atoms with E-state index in [1.807, 2.05) is 6.92 Å². The zero-order valence-electron chi connectivity index (χ0n) is 14.1. The monoisotopic (exact) mass is 372 g/mol. The first-order valence-electron chi connectivity index (χ1n) is 7.70. The van der Waals surface area contributed by atoms with Crippen LogP contribution in [0.15, 0.2) is 36.4 Å². The molecule has 0 aliphatic heterocycles. The average Bonchev–Trinajstić information content (AvgIpc) is 3.15. The number of hydrogen-bond donors (Lipinski definition) is 2. The molecular formula is C17H16N4O4S. The fraction of sp³-hybridized carbons (Fsp3) is 0.176. The number of rotatable bonds is 4. The highest BCUT2D eigenvalue weighted by atomic mass is 32.1. The fourth-order valence-electron chi connectivity index (χ4n) is 2.35. The third-order valence-electron chi connectivity index (χ3n) is 3.52. The van der Waals surface area contributed by atoms with E-state index in [4.69, 9.17) is 4.74 Å². The van der Waals surface area contributed by atoms with Gasteiger partial charge < -0.3 is 10.1 Å². The van der Waals surface area contributed by atoms with Gasteiger partial charge in [-0.05, 0) is 25.1 Å². The number of benzene rings is 1. The van der Waals surface area contributed by atoms with Crippen molar-refractivity contribution in [1.29, 1.82) is 0 Å². The molecule has 0 saturated carbocycles. The number of carbonyl (C=O) groups is 3. The number of nitrogens with zero attached hydrogens (tertiary/aromatic N) is 2. The fourth-order valence-corrected chi connectivity index (χ4v) is 3.37. The van der Waals surface area contributed by atoms with E-state index in [1.54, 1.807) is 48.1 Å². The molecule has 0 spiro atoms. The number of anilines is 1. The topological polar surface area (TPSA) is 102 Å². The van der Waals surface area contributed by atoms with Gasteiger partial charge in [0.2, 0.25) is 0 Å². The molecule has 2 N–H and O–H groups in total. The van der Waals surface area contributed by atoms with Crippen molar-refractivity contribution in [2.24, 2.45) is 7.05 Å². The molecule has 0 fully saturated rings. The van der Waals surface area contributed by atoms with Gasteiger partial charge in [0.25, 0.3) is 5.91 Å². The van der Waals surface area contributed by atoms with Crippen molar-refractivity contribution in [2.75, 3.05) is 11.9 Å². The minimum Gasteiger partial charge on any atom is -0.451 e. The van der Waals surface area contributed by atoms with Gasteiger partial charge in [-0.3, -0.25) is 14.8 Å². The Morgan fingerprint density at radius 3 is 2.65 bits per heavy atom. The maximum absolute atomic E-state index is 12.1. The number of amides is 3. The van der Waals surface area contributed by atoms with Gasteiger partial charge in [0.1, 0.15) is 9.71 Å². The summed E-state index contributed by atoms with van der Waals surface area (Å²) in [5.41, 5.74) is 1.36. The molecule has 2 aromatic heterocycles. The Labute approximate surface area is 152 Å². The van der Waals surface area contributed by atoms with Crippen molar-refractivity contribution in [3.8, 4) is 0 Å². The first-order chi connectivity index (χ1) is 12.4. The number of thiophene rings is 1. The summed E-state index contributed by atoms with van der Waals surface area (Å²) >= 11 is 1.24. The Hall–Kier alpha value is -3.20. The van der Waals surface area contributed by atoms with Crippen LogP contribution in [-0.2, 0) is 16.6 Å². The predicted octanol–water partition coefficient (Wildman–Crippen LogP) is 2.45. The summed E-state index contributed by atoms with van der Waals surface area (Å²) in [5, 5.41) is 9.73. The molecule has 0 unspecified atom stereocenters. The van der Waals surface area contributed by atoms with E-state index in [-0.39, 0.29) is 0 Å². The number of carbonyl (C=O) groups excluding carboxylic acids is 3. The lowest BCUT2D eigenvalue weighted by molar-refractivity contribution is -0.123. The van der Waals surface area contributed by atoms with Crippen LogP contribution < -0.4 is 10.6 Å². The Kier molecular flexibility index (Phi) is 4.99. The summed E-state index contributed by atoms with van der Waals surface area (Å²) in [4.78, 5) is 36.8. The van der Waals surface area contributed by atoms with E-state index in [0.29, 0.717) is 10.6 Å². The molecule has 0 aliphatic carbocycles. The van der Waals surface area contributed by atoms with Crippen LogP contribution in [0.3, 0.4) is 0 Å². The molecule has 8 nitrogen and oxygen atoms in total. The highest BCUT2D eigenvalue weighted by molar-refractivity contribution is 7.20. The summed E-state index contributed by atoms with van der Waals surface area (Å²) in [6.45, 7) is 1.30. The molecule has 3 rings (SSSR count). The van der Waals surface area contributed by atoms with Gasteiger partial charge >= 0.3 is 12.0 Å². The molecule has 1 aromatic carbocycles. The van der Waals surface area contributed by atoms with E-state index in [2.05, 4.69) is 15.7 Å². The smallest absolute Gasteiger partial charge is 0.348 e. The molecule has 2 heterocycles. The minimum absolute atomic E-state index is 0.373. The van der Waals surface area contributed by atoms with Gasteiger partial charge in [0, 0.05) is 18.1 Å². The van der Waals surface area contributed by atoms with Gasteiger partial charge in [-0.1, -0.05) is 18.2 Å². The molecule has 3 aromatic rings. The first-order valence-corrected chi connectivity index (χ1v) is 8.52. The summed E-state index contributed by atoms with van der Waals surface area (Å²) in [6, 6.07) is 9.67. The quantitative estimate of drug-likeness (QED) is 0.685. The molecule has 3 amide bonds. The molecule has 0 radical (unpaired) electrons. The number of hydrogen-bond acceptors (Lipinski definition) is 6. The van der Waals surface area contributed by atoms with Crippen LogP contribution in [0, 0.1) is 6.92 Å². The van der Waals surface area contributed by atoms with Crippen molar-refractivity contribution in [3.05, 3.63) is 47.0 Å². The number of fused-ring (bicyclic) bond motifs is 1. The lowest BCUT2D eigenvalue weighted by Gasteiger charge is -2.06. The summed E-state index contributed by atoms with van der Waals surface area (Å²) in [5.74, 6) is -1.34. The number of aromatic nitrogens is 2. The van der Waals surface area contributed by atoms with E-state index in [0.717, 1.165) is 15.9 Å². The van der Waals surface area contributed by atoms with Crippen LogP contribution in [-0.4, -0.2) is 34.3 Å². The molecule has 0 aliphatic rings. The lowest BCUT2D eigenvalue weighted by atomic mass is 10.3. The highest BCUT2D eigenvalue weighted by Gasteiger charge is 2.17. The second kappa shape index (κ2) is 7.36. The van der Waals surface area contributed by atoms with Crippen LogP contribution in [0.4, 0.5) is 10.5 Å². The van der Waals surface area contributed by atoms with Crippen molar-refractivity contribution in [2.45, 2.75) is 6.92 Å². The molecule has 9 heteroatoms. The largest absolute Gasteiger partial charge is 0.451 e. The van der Waals surface area contributed by atoms with Crippen LogP contribution in [0.2, 0.25) is 0 Å². The Morgan fingerprint density at radius 1 is 1.23 bits per heavy atom. The molecule has 0 atom stereocenters. The van der Waals surface area contributed by atoms with Crippen LogP contribution in [0.5, 0.6) is 0 Å². The van der Waals surface area contributed by atoms with Gasteiger partial charge in [-0.25, -0.2) is 9.59 Å². The number of urea groups is 1. The number of ether oxygens (including phenoxy) is 1. The predicted molar refractivity (Wildman–Crippen MR) is 97.2 cm³/mol. The summed E-state index contributed by atoms with van der Waals surface area (Å²) in [7, 11) is 1.79. The van der Waals surface area contributed by atoms with Gasteiger partial charge in [-0.2, -0.15) is 5.10 Å². The Balaban J connectivity index is 1.52. The second-order valence-electron chi connectivity index (χ2n) is 5.48. The zero-order valence-corrected chi connectivity index (χ0v) is 14.9. The third kappa shape index (κ3) is 3.89. The van der Waals surface area contributed by atoms with Crippen LogP contribution >= 0.6 is 11.3 Å². The summed E-state index contributed by atoms with van der Waals surface area (Å²) in [6.07, 6.45) is 0. The van der Waals surface area contributed by atoms with Crippen molar-refractivity contribution in [1.82, 2.24) is 15.1 Å². The molecule has 26 heavy (non-hydrogen) atoms. The standard InChI is InChI=1S/C17H16N4O4S/c1-10-12-8-13(26-15(12)21(2)20-10)16(23)25-9-14(22)19-17(24)18-11-6-4-3-5-7-11/h3-8H,9H2,1-2H3,(H2,18,19,22,24). The van der Waals surface area contributed by atoms with Gasteiger partial charge in [-0.15, -0.1) is 11.3 Å². The number of esters is 1. The maximum Gasteiger partial charge on any atom is 0.348 e. The third-order valence-corrected chi connectivity index (χ3v) is 4.70. The van der Waals surface area contributed by atoms with Crippen LogP contribution in [0.25, 0.3) is 10.2 Å². The van der Waals surface area contributed by atoms with E-state index < -0.39 is 24.5 Å². The highest BCUT2D eigenvalue weighted by Crippen LogP contribution is 2.28. The van der Waals surface area contributed by atoms with Crippen molar-refractivity contribution >= 4 is 45.1 Å². The van der Waals surface area contributed by atoms with Crippen molar-refractivity contribution in [3.63, 3.8) is 0 Å². The van der Waals surface area contributed by atoms with Crippen molar-refractivity contribution < 1.29 is 19.1 Å². The van der Waals surface area contributed by atoms with E-state index in [9.17, 15) is 14.4 Å². The number of nitrogens with one attached hydrogen (secondary N) is 2. The van der Waals surface area contributed by atoms with Crippen LogP contribution in [0.1, 0.15) is 15.4 Å². The first kappa shape index (κ1) is 17.6. The number of para-hydroxylation sites is 1. The lowest BCUT2D eigenvalue weighted by Crippen LogP contribution is -2.37. The average molecular weight is 372 g/mol. The van der Waals surface area contributed by atoms with E-state index in [1.165, 1.54) is 11.3 Å². The molecule has 0 bridgehead atoms. The summed E-state index contributed by atoms with van der Waals surface area (Å²) < 4.78 is 6.66. The molecule has 0 saturated heterocycles. The molecular weight excluding hydrogens is 356 g/mol. The minimum atomic E-state index is -0.717. The van der Waals surface area contributed by atoms with Gasteiger partial charge in [0.05, 0.1) is 5.69 Å². The van der Waals surface area contributed by atoms with Gasteiger partial charge in [0.15, 0.2) is 6.61 Å². The number of imide groups is 1. The maximum atomic E-state index is 12.1. The SMILES string of the molecule is Cc1nn(C)c2sc(C(=O)OCC(=O)NC(=O)Nc3ccccc3)cc12. The Morgan fingerprint density at radius 2 is 1.96 bits per heavy atom. The second-order valence-corrected chi connectivity index (χ2v) is 6.51. The Bertz CT molecular complexity index is 943. The normalized spacial score (nSPS) is 10.5. The molecule has 134 valence electrons. The number of aryl methyl sites for hydroxylation is 2. The van der Waals surface area contributed by atoms with E-state index >= 15 is 0 Å². The zero-order chi connectivity index (χ0) is 18.7.